The van der Waals surface area contributed by atoms with E-state index in [9.17, 15) is 4.79 Å². The van der Waals surface area contributed by atoms with Crippen LogP contribution in [-0.4, -0.2) is 23.8 Å². The second kappa shape index (κ2) is 4.31. The van der Waals surface area contributed by atoms with Gasteiger partial charge in [0.25, 0.3) is 5.91 Å². The van der Waals surface area contributed by atoms with Crippen molar-refractivity contribution < 1.29 is 9.63 Å². The highest BCUT2D eigenvalue weighted by Crippen LogP contribution is 2.27. The summed E-state index contributed by atoms with van der Waals surface area (Å²) in [5.41, 5.74) is 0.804. The molecule has 2 heterocycles. The smallest absolute Gasteiger partial charge is 0.264 e. The van der Waals surface area contributed by atoms with E-state index in [4.69, 9.17) is 16.4 Å². The summed E-state index contributed by atoms with van der Waals surface area (Å²) in [4.78, 5) is 17.9. The molecule has 1 aromatic rings. The van der Waals surface area contributed by atoms with Gasteiger partial charge in [-0.3, -0.25) is 4.79 Å². The van der Waals surface area contributed by atoms with Crippen LogP contribution < -0.4 is 5.32 Å². The van der Waals surface area contributed by atoms with Crippen molar-refractivity contribution in [3.63, 3.8) is 0 Å². The van der Waals surface area contributed by atoms with Gasteiger partial charge in [-0.05, 0) is 25.0 Å². The second-order valence-corrected chi connectivity index (χ2v) is 5.94. The van der Waals surface area contributed by atoms with Crippen LogP contribution in [0.1, 0.15) is 24.1 Å². The van der Waals surface area contributed by atoms with Gasteiger partial charge in [0.15, 0.2) is 0 Å². The zero-order valence-corrected chi connectivity index (χ0v) is 10.6. The number of rotatable bonds is 3. The fraction of sp³-hybridized carbons (Fsp3) is 0.455. The molecule has 1 amide bonds. The summed E-state index contributed by atoms with van der Waals surface area (Å²) >= 11 is 7.31. The molecule has 0 radical (unpaired) electrons. The van der Waals surface area contributed by atoms with Gasteiger partial charge in [-0.15, -0.1) is 11.3 Å². The largest absolute Gasteiger partial charge is 0.382 e. The lowest BCUT2D eigenvalue weighted by atomic mass is 10.1. The summed E-state index contributed by atoms with van der Waals surface area (Å²) in [5.74, 6) is -0.0612. The summed E-state index contributed by atoms with van der Waals surface area (Å²) in [7, 11) is 0. The lowest BCUT2D eigenvalue weighted by Gasteiger charge is -2.07. The molecule has 1 aliphatic heterocycles. The van der Waals surface area contributed by atoms with Gasteiger partial charge < -0.3 is 10.2 Å². The van der Waals surface area contributed by atoms with E-state index >= 15 is 0 Å². The van der Waals surface area contributed by atoms with E-state index < -0.39 is 6.10 Å². The highest BCUT2D eigenvalue weighted by Gasteiger charge is 2.33. The quantitative estimate of drug-likeness (QED) is 0.915. The average Bonchev–Trinajstić information content (AvgIpc) is 2.81. The van der Waals surface area contributed by atoms with Gasteiger partial charge in [-0.1, -0.05) is 16.8 Å². The third-order valence-corrected chi connectivity index (χ3v) is 4.02. The second-order valence-electron chi connectivity index (χ2n) is 4.22. The number of amides is 1. The molecule has 1 N–H and O–H groups in total. The molecule has 1 fully saturated rings. The number of halogens is 1. The van der Waals surface area contributed by atoms with Gasteiger partial charge >= 0.3 is 0 Å². The Bertz CT molecular complexity index is 482. The maximum atomic E-state index is 11.7. The monoisotopic (exact) mass is 270 g/mol. The van der Waals surface area contributed by atoms with Crippen LogP contribution in [0.15, 0.2) is 17.3 Å². The molecule has 1 unspecified atom stereocenters. The highest BCUT2D eigenvalue weighted by molar-refractivity contribution is 7.18. The normalized spacial score (nSPS) is 23.1. The van der Waals surface area contributed by atoms with E-state index in [0.29, 0.717) is 16.8 Å². The Labute approximate surface area is 108 Å². The Balaban J connectivity index is 1.61. The highest BCUT2D eigenvalue weighted by atomic mass is 35.5. The molecular formula is C11H11ClN2O2S. The van der Waals surface area contributed by atoms with Crippen molar-refractivity contribution in [3.05, 3.63) is 21.3 Å². The summed E-state index contributed by atoms with van der Waals surface area (Å²) in [6.07, 6.45) is 2.20. The minimum absolute atomic E-state index is 0.0612. The number of carbonyl (C=O) groups is 1. The fourth-order valence-electron chi connectivity index (χ4n) is 1.65. The Morgan fingerprint density at radius 2 is 2.35 bits per heavy atom. The van der Waals surface area contributed by atoms with Crippen LogP contribution in [0.25, 0.3) is 0 Å². The molecule has 4 nitrogen and oxygen atoms in total. The van der Waals surface area contributed by atoms with Gasteiger partial charge in [0.1, 0.15) is 5.71 Å². The molecule has 1 atom stereocenters. The summed E-state index contributed by atoms with van der Waals surface area (Å²) in [5, 5.41) is 6.87. The van der Waals surface area contributed by atoms with Crippen molar-refractivity contribution in [1.29, 1.82) is 0 Å². The zero-order valence-electron chi connectivity index (χ0n) is 8.98. The third kappa shape index (κ3) is 2.45. The maximum Gasteiger partial charge on any atom is 0.264 e. The molecular weight excluding hydrogens is 260 g/mol. The predicted octanol–water partition coefficient (Wildman–Crippen LogP) is 2.17. The number of carbonyl (C=O) groups excluding carboxylic acids is 1. The van der Waals surface area contributed by atoms with Gasteiger partial charge in [0, 0.05) is 12.5 Å². The van der Waals surface area contributed by atoms with Gasteiger partial charge in [0.05, 0.1) is 9.21 Å². The number of nitrogens with one attached hydrogen (secondary N) is 1. The fourth-order valence-corrected chi connectivity index (χ4v) is 2.69. The van der Waals surface area contributed by atoms with Crippen molar-refractivity contribution in [1.82, 2.24) is 5.32 Å². The molecule has 0 aromatic carbocycles. The first-order valence-corrected chi connectivity index (χ1v) is 6.70. The standard InChI is InChI=1S/C11H11ClN2O2S/c12-10-4-3-9(17-10)7-5-8(16-14-7)11(15)13-6-1-2-6/h3-4,6,8H,1-2,5H2,(H,13,15). The molecule has 1 aliphatic carbocycles. The lowest BCUT2D eigenvalue weighted by Crippen LogP contribution is -2.36. The van der Waals surface area contributed by atoms with Crippen molar-refractivity contribution in [2.45, 2.75) is 31.4 Å². The lowest BCUT2D eigenvalue weighted by molar-refractivity contribution is -0.131. The maximum absolute atomic E-state index is 11.7. The van der Waals surface area contributed by atoms with E-state index in [2.05, 4.69) is 10.5 Å². The van der Waals surface area contributed by atoms with Crippen LogP contribution in [0.5, 0.6) is 0 Å². The summed E-state index contributed by atoms with van der Waals surface area (Å²) < 4.78 is 0.716. The number of nitrogens with zero attached hydrogens (tertiary/aromatic N) is 1. The summed E-state index contributed by atoms with van der Waals surface area (Å²) in [6, 6.07) is 4.07. The van der Waals surface area contributed by atoms with Crippen molar-refractivity contribution >= 4 is 34.6 Å². The van der Waals surface area contributed by atoms with E-state index in [1.54, 1.807) is 0 Å². The first-order chi connectivity index (χ1) is 8.22. The number of oxime groups is 1. The van der Waals surface area contributed by atoms with Gasteiger partial charge in [-0.25, -0.2) is 0 Å². The number of thiophene rings is 1. The molecule has 0 spiro atoms. The Kier molecular flexibility index (Phi) is 2.80. The molecule has 6 heteroatoms. The average molecular weight is 271 g/mol. The van der Waals surface area contributed by atoms with E-state index in [1.165, 1.54) is 11.3 Å². The molecule has 3 rings (SSSR count). The predicted molar refractivity (Wildman–Crippen MR) is 66.5 cm³/mol. The Hall–Kier alpha value is -1.07. The van der Waals surface area contributed by atoms with Crippen LogP contribution in [0.4, 0.5) is 0 Å². The first-order valence-electron chi connectivity index (χ1n) is 5.51. The van der Waals surface area contributed by atoms with Crippen LogP contribution in [-0.2, 0) is 9.63 Å². The Morgan fingerprint density at radius 1 is 1.53 bits per heavy atom. The van der Waals surface area contributed by atoms with Gasteiger partial charge in [0.2, 0.25) is 6.10 Å². The van der Waals surface area contributed by atoms with Crippen LogP contribution in [0.3, 0.4) is 0 Å². The minimum atomic E-state index is -0.480. The zero-order chi connectivity index (χ0) is 11.8. The first kappa shape index (κ1) is 11.0. The SMILES string of the molecule is O=C(NC1CC1)C1CC(c2ccc(Cl)s2)=NO1. The van der Waals surface area contributed by atoms with Crippen molar-refractivity contribution in [3.8, 4) is 0 Å². The minimum Gasteiger partial charge on any atom is -0.382 e. The molecule has 2 aliphatic rings. The van der Waals surface area contributed by atoms with E-state index in [1.807, 2.05) is 12.1 Å². The van der Waals surface area contributed by atoms with E-state index in [0.717, 1.165) is 23.4 Å². The van der Waals surface area contributed by atoms with Crippen LogP contribution in [0.2, 0.25) is 4.34 Å². The molecule has 90 valence electrons. The number of hydrogen-bond acceptors (Lipinski definition) is 4. The molecule has 17 heavy (non-hydrogen) atoms. The number of hydrogen-bond donors (Lipinski definition) is 1. The third-order valence-electron chi connectivity index (χ3n) is 2.74. The van der Waals surface area contributed by atoms with Gasteiger partial charge in [-0.2, -0.15) is 0 Å². The topological polar surface area (TPSA) is 50.7 Å². The molecule has 1 saturated carbocycles. The van der Waals surface area contributed by atoms with E-state index in [-0.39, 0.29) is 5.91 Å². The molecule has 0 bridgehead atoms. The Morgan fingerprint density at radius 3 is 3.00 bits per heavy atom. The molecule has 1 aromatic heterocycles. The van der Waals surface area contributed by atoms with Crippen molar-refractivity contribution in [2.24, 2.45) is 5.16 Å². The van der Waals surface area contributed by atoms with Crippen LogP contribution >= 0.6 is 22.9 Å². The van der Waals surface area contributed by atoms with Crippen molar-refractivity contribution in [2.75, 3.05) is 0 Å². The summed E-state index contributed by atoms with van der Waals surface area (Å²) in [6.45, 7) is 0. The van der Waals surface area contributed by atoms with Crippen LogP contribution in [0, 0.1) is 0 Å². The molecule has 0 saturated heterocycles.